The lowest BCUT2D eigenvalue weighted by molar-refractivity contribution is 0.619. The van der Waals surface area contributed by atoms with Crippen LogP contribution in [-0.2, 0) is 17.9 Å². The maximum Gasteiger partial charge on any atom is 0.222 e. The molecule has 8 nitrogen and oxygen atoms in total. The van der Waals surface area contributed by atoms with Gasteiger partial charge >= 0.3 is 0 Å². The Morgan fingerprint density at radius 1 is 1.00 bits per heavy atom. The maximum atomic E-state index is 13.1. The zero-order valence-electron chi connectivity index (χ0n) is 14.2. The third-order valence-electron chi connectivity index (χ3n) is 4.09. The summed E-state index contributed by atoms with van der Waals surface area (Å²) in [5.41, 5.74) is 1.29. The van der Waals surface area contributed by atoms with Gasteiger partial charge in [-0.3, -0.25) is 19.2 Å². The van der Waals surface area contributed by atoms with Gasteiger partial charge in [-0.05, 0) is 29.7 Å². The van der Waals surface area contributed by atoms with Gasteiger partial charge in [0.15, 0.2) is 11.2 Å². The number of nitrogens with zero attached hydrogens (tertiary/aromatic N) is 3. The number of thiol groups is 1. The first-order chi connectivity index (χ1) is 13.0. The van der Waals surface area contributed by atoms with Crippen molar-refractivity contribution in [3.05, 3.63) is 65.1 Å². The lowest BCUT2D eigenvalue weighted by Gasteiger charge is -2.03. The summed E-state index contributed by atoms with van der Waals surface area (Å²) in [6, 6.07) is 11.9. The van der Waals surface area contributed by atoms with Crippen molar-refractivity contribution in [2.75, 3.05) is 10.0 Å². The summed E-state index contributed by atoms with van der Waals surface area (Å²) in [4.78, 5) is 17.4. The van der Waals surface area contributed by atoms with Crippen molar-refractivity contribution in [3.63, 3.8) is 0 Å². The van der Waals surface area contributed by atoms with Gasteiger partial charge in [0.1, 0.15) is 0 Å². The van der Waals surface area contributed by atoms with Crippen molar-refractivity contribution in [1.82, 2.24) is 14.8 Å². The van der Waals surface area contributed by atoms with E-state index in [1.165, 1.54) is 6.07 Å². The second kappa shape index (κ2) is 6.69. The number of rotatable bonds is 4. The van der Waals surface area contributed by atoms with Crippen LogP contribution in [-0.4, -0.2) is 23.2 Å². The summed E-state index contributed by atoms with van der Waals surface area (Å²) in [5, 5.41) is 8.89. The topological polar surface area (TPSA) is 106 Å². The molecule has 0 aliphatic heterocycles. The predicted molar refractivity (Wildman–Crippen MR) is 106 cm³/mol. The second-order valence-corrected chi connectivity index (χ2v) is 6.73. The second-order valence-electron chi connectivity index (χ2n) is 5.99. The Morgan fingerprint density at radius 2 is 1.78 bits per heavy atom. The zero-order chi connectivity index (χ0) is 19.0. The van der Waals surface area contributed by atoms with Crippen LogP contribution in [0.15, 0.2) is 59.7 Å². The molecule has 0 aliphatic carbocycles. The van der Waals surface area contributed by atoms with Gasteiger partial charge in [-0.15, -0.1) is 0 Å². The monoisotopic (exact) mass is 381 g/mol. The average molecular weight is 381 g/mol. The number of hydrogen-bond donors (Lipinski definition) is 3. The summed E-state index contributed by atoms with van der Waals surface area (Å²) in [6.07, 6.45) is 3.44. The van der Waals surface area contributed by atoms with Crippen molar-refractivity contribution in [2.24, 2.45) is 7.05 Å². The molecule has 4 aromatic rings. The SMILES string of the molecule is Cn1ccc(Nc2cnc3ccc4ccc(N[SH](=O)=O)cc4c(=O)c3c2)n1. The Bertz CT molecular complexity index is 1310. The molecule has 2 aromatic carbocycles. The highest BCUT2D eigenvalue weighted by Crippen LogP contribution is 2.21. The van der Waals surface area contributed by atoms with Gasteiger partial charge in [-0.2, -0.15) is 5.10 Å². The Kier molecular flexibility index (Phi) is 4.21. The fraction of sp³-hybridized carbons (Fsp3) is 0.0556. The van der Waals surface area contributed by atoms with Gasteiger partial charge in [-0.25, -0.2) is 8.42 Å². The van der Waals surface area contributed by atoms with E-state index in [2.05, 4.69) is 20.1 Å². The molecule has 0 spiro atoms. The fourth-order valence-electron chi connectivity index (χ4n) is 2.88. The highest BCUT2D eigenvalue weighted by molar-refractivity contribution is 7.73. The molecular formula is C18H15N5O3S. The molecule has 0 unspecified atom stereocenters. The number of fused-ring (bicyclic) bond motifs is 2. The van der Waals surface area contributed by atoms with E-state index in [0.717, 1.165) is 0 Å². The molecular weight excluding hydrogens is 366 g/mol. The van der Waals surface area contributed by atoms with Crippen LogP contribution < -0.4 is 15.5 Å². The minimum absolute atomic E-state index is 0.230. The lowest BCUT2D eigenvalue weighted by Crippen LogP contribution is -2.02. The molecule has 2 N–H and O–H groups in total. The summed E-state index contributed by atoms with van der Waals surface area (Å²) in [7, 11) is -0.993. The Balaban J connectivity index is 1.89. The van der Waals surface area contributed by atoms with Gasteiger partial charge in [0, 0.05) is 30.4 Å². The van der Waals surface area contributed by atoms with Crippen LogP contribution in [0.4, 0.5) is 17.2 Å². The largest absolute Gasteiger partial charge is 0.337 e. The van der Waals surface area contributed by atoms with Gasteiger partial charge in [0.05, 0.1) is 22.8 Å². The van der Waals surface area contributed by atoms with Crippen LogP contribution in [0, 0.1) is 0 Å². The molecule has 27 heavy (non-hydrogen) atoms. The summed E-state index contributed by atoms with van der Waals surface area (Å²) in [6.45, 7) is 0. The minimum atomic E-state index is -2.81. The number of nitrogens with one attached hydrogen (secondary N) is 2. The summed E-state index contributed by atoms with van der Waals surface area (Å²) < 4.78 is 25.8. The molecule has 4 rings (SSSR count). The van der Waals surface area contributed by atoms with Gasteiger partial charge in [0.25, 0.3) is 0 Å². The van der Waals surface area contributed by atoms with Crippen LogP contribution in [0.1, 0.15) is 0 Å². The number of pyridine rings is 1. The number of hydrogen-bond acceptors (Lipinski definition) is 6. The molecule has 0 bridgehead atoms. The van der Waals surface area contributed by atoms with Crippen LogP contribution >= 0.6 is 0 Å². The van der Waals surface area contributed by atoms with Gasteiger partial charge in [0.2, 0.25) is 10.9 Å². The van der Waals surface area contributed by atoms with Crippen molar-refractivity contribution < 1.29 is 8.42 Å². The van der Waals surface area contributed by atoms with E-state index in [1.807, 2.05) is 13.1 Å². The Morgan fingerprint density at radius 3 is 2.52 bits per heavy atom. The van der Waals surface area contributed by atoms with E-state index < -0.39 is 10.9 Å². The first-order valence-corrected chi connectivity index (χ1v) is 9.22. The van der Waals surface area contributed by atoms with Crippen LogP contribution in [0.3, 0.4) is 0 Å². The van der Waals surface area contributed by atoms with E-state index in [-0.39, 0.29) is 5.43 Å². The first kappa shape index (κ1) is 17.0. The third-order valence-corrected chi connectivity index (χ3v) is 4.53. The van der Waals surface area contributed by atoms with Crippen molar-refractivity contribution in [2.45, 2.75) is 0 Å². The van der Waals surface area contributed by atoms with Gasteiger partial charge < -0.3 is 5.32 Å². The molecule has 2 heterocycles. The summed E-state index contributed by atoms with van der Waals surface area (Å²) >= 11 is 0. The minimum Gasteiger partial charge on any atom is -0.337 e. The fourth-order valence-corrected chi connectivity index (χ4v) is 3.22. The lowest BCUT2D eigenvalue weighted by atomic mass is 10.1. The van der Waals surface area contributed by atoms with Gasteiger partial charge in [-0.1, -0.05) is 12.1 Å². The van der Waals surface area contributed by atoms with Crippen molar-refractivity contribution in [1.29, 1.82) is 0 Å². The zero-order valence-corrected chi connectivity index (χ0v) is 15.1. The number of aryl methyl sites for hydroxylation is 1. The number of anilines is 3. The quantitative estimate of drug-likeness (QED) is 0.468. The highest BCUT2D eigenvalue weighted by atomic mass is 32.2. The number of aromatic nitrogens is 3. The van der Waals surface area contributed by atoms with E-state index in [4.69, 9.17) is 0 Å². The Labute approximate surface area is 155 Å². The van der Waals surface area contributed by atoms with Crippen molar-refractivity contribution >= 4 is 49.8 Å². The van der Waals surface area contributed by atoms with E-state index in [9.17, 15) is 13.2 Å². The number of benzene rings is 1. The molecule has 2 aromatic heterocycles. The standard InChI is InChI=1S/C18H15N5O3S/c1-23-7-6-17(21-23)20-13-9-15-16(19-10-13)5-3-11-2-4-12(22-27(25)26)8-14(11)18(15)24/h2-10,27H,1H3,(H,20,21)(H,22,25,26). The Hall–Kier alpha value is -3.46. The van der Waals surface area contributed by atoms with E-state index >= 15 is 0 Å². The molecule has 0 atom stereocenters. The molecule has 0 fully saturated rings. The highest BCUT2D eigenvalue weighted by Gasteiger charge is 2.07. The smallest absolute Gasteiger partial charge is 0.222 e. The average Bonchev–Trinajstić information content (AvgIpc) is 2.99. The maximum absolute atomic E-state index is 13.1. The third kappa shape index (κ3) is 3.44. The molecule has 0 radical (unpaired) electrons. The normalized spacial score (nSPS) is 11.2. The molecule has 0 amide bonds. The molecule has 0 aliphatic rings. The summed E-state index contributed by atoms with van der Waals surface area (Å²) in [5.74, 6) is 0.641. The first-order valence-electron chi connectivity index (χ1n) is 8.04. The molecule has 9 heteroatoms. The molecule has 136 valence electrons. The van der Waals surface area contributed by atoms with E-state index in [0.29, 0.717) is 38.9 Å². The predicted octanol–water partition coefficient (Wildman–Crippen LogP) is 2.16. The van der Waals surface area contributed by atoms with E-state index in [1.54, 1.807) is 47.4 Å². The van der Waals surface area contributed by atoms with Crippen molar-refractivity contribution in [3.8, 4) is 0 Å². The van der Waals surface area contributed by atoms with Crippen LogP contribution in [0.5, 0.6) is 0 Å². The molecule has 0 saturated carbocycles. The van der Waals surface area contributed by atoms with Crippen LogP contribution in [0.2, 0.25) is 0 Å². The molecule has 0 saturated heterocycles. The van der Waals surface area contributed by atoms with Crippen LogP contribution in [0.25, 0.3) is 21.7 Å².